The molecule has 0 bridgehead atoms. The number of carbonyl (C=O) groups excluding carboxylic acids is 1. The number of anilines is 2. The van der Waals surface area contributed by atoms with Crippen molar-refractivity contribution in [3.8, 4) is 5.75 Å². The van der Waals surface area contributed by atoms with Crippen molar-refractivity contribution in [2.24, 2.45) is 0 Å². The Balaban J connectivity index is 1.31. The summed E-state index contributed by atoms with van der Waals surface area (Å²) in [6.07, 6.45) is 0. The van der Waals surface area contributed by atoms with Crippen molar-refractivity contribution < 1.29 is 9.53 Å². The molecule has 1 amide bonds. The molecule has 0 spiro atoms. The van der Waals surface area contributed by atoms with Crippen LogP contribution in [0.25, 0.3) is 0 Å². The fourth-order valence-corrected chi connectivity index (χ4v) is 3.69. The van der Waals surface area contributed by atoms with Crippen LogP contribution in [0.3, 0.4) is 0 Å². The summed E-state index contributed by atoms with van der Waals surface area (Å²) in [4.78, 5) is 17.3. The van der Waals surface area contributed by atoms with Gasteiger partial charge in [-0.25, -0.2) is 0 Å². The summed E-state index contributed by atoms with van der Waals surface area (Å²) >= 11 is 6.16. The van der Waals surface area contributed by atoms with Gasteiger partial charge in [0.05, 0.1) is 0 Å². The minimum atomic E-state index is -0.148. The lowest BCUT2D eigenvalue weighted by Gasteiger charge is -2.34. The molecule has 0 unspecified atom stereocenters. The number of hydrogen-bond acceptors (Lipinski definition) is 4. The van der Waals surface area contributed by atoms with Crippen LogP contribution < -0.4 is 15.0 Å². The molecule has 3 aromatic rings. The number of carbonyl (C=O) groups is 1. The number of likely N-dealkylation sites (N-methyl/N-ethyl adjacent to an activating group) is 1. The zero-order chi connectivity index (χ0) is 21.6. The molecule has 4 rings (SSSR count). The highest BCUT2D eigenvalue weighted by atomic mass is 35.5. The predicted octanol–water partition coefficient (Wildman–Crippen LogP) is 4.92. The van der Waals surface area contributed by atoms with Gasteiger partial charge >= 0.3 is 0 Å². The van der Waals surface area contributed by atoms with Crippen LogP contribution in [0, 0.1) is 0 Å². The zero-order valence-corrected chi connectivity index (χ0v) is 18.3. The van der Waals surface area contributed by atoms with Crippen LogP contribution in [-0.4, -0.2) is 44.0 Å². The average Bonchev–Trinajstić information content (AvgIpc) is 2.80. The van der Waals surface area contributed by atoms with Crippen LogP contribution in [0.1, 0.15) is 15.9 Å². The van der Waals surface area contributed by atoms with E-state index < -0.39 is 0 Å². The number of ether oxygens (including phenoxy) is 1. The van der Waals surface area contributed by atoms with E-state index in [1.807, 2.05) is 36.4 Å². The molecule has 3 aromatic carbocycles. The van der Waals surface area contributed by atoms with Gasteiger partial charge in [-0.15, -0.1) is 0 Å². The van der Waals surface area contributed by atoms with E-state index in [0.717, 1.165) is 37.4 Å². The van der Waals surface area contributed by atoms with Crippen molar-refractivity contribution in [2.45, 2.75) is 6.61 Å². The molecule has 1 N–H and O–H groups in total. The first-order chi connectivity index (χ1) is 15.1. The summed E-state index contributed by atoms with van der Waals surface area (Å²) in [5, 5.41) is 3.63. The Morgan fingerprint density at radius 1 is 0.935 bits per heavy atom. The number of benzene rings is 3. The summed E-state index contributed by atoms with van der Waals surface area (Å²) in [6, 6.07) is 22.7. The quantitative estimate of drug-likeness (QED) is 0.596. The van der Waals surface area contributed by atoms with Crippen LogP contribution in [0.15, 0.2) is 72.8 Å². The second kappa shape index (κ2) is 9.86. The predicted molar refractivity (Wildman–Crippen MR) is 126 cm³/mol. The number of amides is 1. The molecule has 1 saturated heterocycles. The first kappa shape index (κ1) is 21.2. The summed E-state index contributed by atoms with van der Waals surface area (Å²) in [6.45, 7) is 4.55. The van der Waals surface area contributed by atoms with Gasteiger partial charge in [0.1, 0.15) is 12.4 Å². The Bertz CT molecular complexity index is 1010. The van der Waals surface area contributed by atoms with Crippen LogP contribution in [0.5, 0.6) is 5.75 Å². The first-order valence-electron chi connectivity index (χ1n) is 10.4. The lowest BCUT2D eigenvalue weighted by Crippen LogP contribution is -2.44. The molecular weight excluding hydrogens is 410 g/mol. The monoisotopic (exact) mass is 435 g/mol. The molecule has 6 heteroatoms. The molecule has 160 valence electrons. The highest BCUT2D eigenvalue weighted by Gasteiger charge is 2.14. The molecule has 0 atom stereocenters. The van der Waals surface area contributed by atoms with Crippen LogP contribution >= 0.6 is 11.6 Å². The normalized spacial score (nSPS) is 14.3. The maximum atomic E-state index is 12.6. The summed E-state index contributed by atoms with van der Waals surface area (Å²) in [5.41, 5.74) is 3.47. The van der Waals surface area contributed by atoms with E-state index in [0.29, 0.717) is 22.9 Å². The Labute approximate surface area is 188 Å². The summed E-state index contributed by atoms with van der Waals surface area (Å²) < 4.78 is 5.78. The minimum absolute atomic E-state index is 0.148. The number of nitrogens with one attached hydrogen (secondary N) is 1. The molecule has 1 aliphatic rings. The van der Waals surface area contributed by atoms with Gasteiger partial charge < -0.3 is 19.9 Å². The average molecular weight is 436 g/mol. The number of piperazine rings is 1. The Hall–Kier alpha value is -3.02. The van der Waals surface area contributed by atoms with Crippen molar-refractivity contribution >= 4 is 28.9 Å². The van der Waals surface area contributed by atoms with Crippen molar-refractivity contribution in [1.82, 2.24) is 4.90 Å². The SMILES string of the molecule is CN1CCN(c2ccc(NC(=O)c3ccc(OCc4ccccc4Cl)cc3)cc2)CC1. The molecule has 5 nitrogen and oxygen atoms in total. The highest BCUT2D eigenvalue weighted by Crippen LogP contribution is 2.21. The third-order valence-corrected chi connectivity index (χ3v) is 5.83. The molecule has 0 saturated carbocycles. The van der Waals surface area contributed by atoms with E-state index >= 15 is 0 Å². The van der Waals surface area contributed by atoms with Crippen molar-refractivity contribution in [1.29, 1.82) is 0 Å². The molecular formula is C25H26ClN3O2. The lowest BCUT2D eigenvalue weighted by molar-refractivity contribution is 0.102. The molecule has 0 radical (unpaired) electrons. The number of rotatable bonds is 6. The Morgan fingerprint density at radius 2 is 1.61 bits per heavy atom. The Morgan fingerprint density at radius 3 is 2.29 bits per heavy atom. The zero-order valence-electron chi connectivity index (χ0n) is 17.6. The van der Waals surface area contributed by atoms with Crippen molar-refractivity contribution in [3.05, 3.63) is 88.9 Å². The fraction of sp³-hybridized carbons (Fsp3) is 0.240. The minimum Gasteiger partial charge on any atom is -0.489 e. The van der Waals surface area contributed by atoms with Crippen LogP contribution in [0.2, 0.25) is 5.02 Å². The largest absolute Gasteiger partial charge is 0.489 e. The molecule has 0 aliphatic carbocycles. The lowest BCUT2D eigenvalue weighted by atomic mass is 10.2. The van der Waals surface area contributed by atoms with E-state index in [1.54, 1.807) is 24.3 Å². The molecule has 1 heterocycles. The smallest absolute Gasteiger partial charge is 0.255 e. The third-order valence-electron chi connectivity index (χ3n) is 5.46. The Kier molecular flexibility index (Phi) is 6.75. The van der Waals surface area contributed by atoms with E-state index in [-0.39, 0.29) is 5.91 Å². The third kappa shape index (κ3) is 5.57. The van der Waals surface area contributed by atoms with Gasteiger partial charge in [0.2, 0.25) is 0 Å². The molecule has 31 heavy (non-hydrogen) atoms. The topological polar surface area (TPSA) is 44.8 Å². The van der Waals surface area contributed by atoms with Crippen LogP contribution in [-0.2, 0) is 6.61 Å². The van der Waals surface area contributed by atoms with E-state index in [2.05, 4.69) is 34.3 Å². The van der Waals surface area contributed by atoms with E-state index in [1.165, 1.54) is 5.69 Å². The maximum absolute atomic E-state index is 12.6. The second-order valence-corrected chi connectivity index (χ2v) is 8.10. The van der Waals surface area contributed by atoms with Gasteiger partial charge in [-0.1, -0.05) is 29.8 Å². The maximum Gasteiger partial charge on any atom is 0.255 e. The fourth-order valence-electron chi connectivity index (χ4n) is 3.50. The highest BCUT2D eigenvalue weighted by molar-refractivity contribution is 6.31. The number of hydrogen-bond donors (Lipinski definition) is 1. The molecule has 1 fully saturated rings. The van der Waals surface area contributed by atoms with Gasteiger partial charge in [-0.05, 0) is 61.6 Å². The molecule has 0 aromatic heterocycles. The van der Waals surface area contributed by atoms with Gasteiger partial charge in [-0.2, -0.15) is 0 Å². The second-order valence-electron chi connectivity index (χ2n) is 7.70. The summed E-state index contributed by atoms with van der Waals surface area (Å²) in [5.74, 6) is 0.540. The number of halogens is 1. The van der Waals surface area contributed by atoms with E-state index in [9.17, 15) is 4.79 Å². The van der Waals surface area contributed by atoms with E-state index in [4.69, 9.17) is 16.3 Å². The standard InChI is InChI=1S/C25H26ClN3O2/c1-28-14-16-29(17-15-28)22-10-8-21(9-11-22)27-25(30)19-6-12-23(13-7-19)31-18-20-4-2-3-5-24(20)26/h2-13H,14-18H2,1H3,(H,27,30). The van der Waals surface area contributed by atoms with Crippen molar-refractivity contribution in [2.75, 3.05) is 43.4 Å². The van der Waals surface area contributed by atoms with Gasteiger partial charge in [0, 0.05) is 53.7 Å². The molecule has 1 aliphatic heterocycles. The first-order valence-corrected chi connectivity index (χ1v) is 10.8. The van der Waals surface area contributed by atoms with Gasteiger partial charge in [0.15, 0.2) is 0 Å². The van der Waals surface area contributed by atoms with Crippen LogP contribution in [0.4, 0.5) is 11.4 Å². The van der Waals surface area contributed by atoms with Gasteiger partial charge in [0.25, 0.3) is 5.91 Å². The van der Waals surface area contributed by atoms with Gasteiger partial charge in [-0.3, -0.25) is 4.79 Å². The summed E-state index contributed by atoms with van der Waals surface area (Å²) in [7, 11) is 2.15. The van der Waals surface area contributed by atoms with Crippen molar-refractivity contribution in [3.63, 3.8) is 0 Å². The number of nitrogens with zero attached hydrogens (tertiary/aromatic N) is 2.